The molecule has 1 saturated heterocycles. The van der Waals surface area contributed by atoms with Gasteiger partial charge in [0.05, 0.1) is 24.9 Å². The Morgan fingerprint density at radius 2 is 1.86 bits per heavy atom. The summed E-state index contributed by atoms with van der Waals surface area (Å²) in [5, 5.41) is 12.2. The Morgan fingerprint density at radius 3 is 2.61 bits per heavy atom. The Hall–Kier alpha value is -2.31. The largest absolute Gasteiger partial charge is 0.386 e. The molecule has 144 valence electrons. The molecule has 3 aromatic rings. The maximum atomic E-state index is 11.5. The first-order valence-corrected chi connectivity index (χ1v) is 9.72. The van der Waals surface area contributed by atoms with Crippen LogP contribution in [0, 0.1) is 0 Å². The van der Waals surface area contributed by atoms with Gasteiger partial charge in [0, 0.05) is 47.8 Å². The van der Waals surface area contributed by atoms with E-state index in [1.54, 1.807) is 12.4 Å². The van der Waals surface area contributed by atoms with E-state index in [0.29, 0.717) is 18.2 Å². The summed E-state index contributed by atoms with van der Waals surface area (Å²) in [6.07, 6.45) is 4.53. The predicted molar refractivity (Wildman–Crippen MR) is 109 cm³/mol. The summed E-state index contributed by atoms with van der Waals surface area (Å²) in [5.41, 5.74) is 3.36. The summed E-state index contributed by atoms with van der Waals surface area (Å²) in [6, 6.07) is 15.0. The fourth-order valence-electron chi connectivity index (χ4n) is 3.70. The average Bonchev–Trinajstić information content (AvgIpc) is 2.75. The minimum atomic E-state index is -0.773. The number of halogens is 1. The van der Waals surface area contributed by atoms with Crippen molar-refractivity contribution in [1.29, 1.82) is 0 Å². The molecule has 28 heavy (non-hydrogen) atoms. The number of aromatic nitrogens is 2. The molecule has 0 spiro atoms. The van der Waals surface area contributed by atoms with Gasteiger partial charge in [0.2, 0.25) is 0 Å². The Morgan fingerprint density at radius 1 is 1.04 bits per heavy atom. The summed E-state index contributed by atoms with van der Waals surface area (Å²) >= 11 is 6.19. The van der Waals surface area contributed by atoms with Gasteiger partial charge >= 0.3 is 0 Å². The summed E-state index contributed by atoms with van der Waals surface area (Å²) < 4.78 is 5.51. The van der Waals surface area contributed by atoms with Crippen LogP contribution in [0.3, 0.4) is 0 Å². The maximum Gasteiger partial charge on any atom is 0.101 e. The summed E-state index contributed by atoms with van der Waals surface area (Å²) in [6.45, 7) is 2.81. The lowest BCUT2D eigenvalue weighted by Crippen LogP contribution is -2.41. The summed E-state index contributed by atoms with van der Waals surface area (Å²) in [5.74, 6) is 0. The molecule has 0 saturated carbocycles. The van der Waals surface area contributed by atoms with Gasteiger partial charge < -0.3 is 9.84 Å². The molecule has 1 aliphatic heterocycles. The van der Waals surface area contributed by atoms with Crippen molar-refractivity contribution in [2.75, 3.05) is 26.3 Å². The number of benzene rings is 1. The zero-order valence-electron chi connectivity index (χ0n) is 15.4. The molecule has 1 aromatic carbocycles. The van der Waals surface area contributed by atoms with Crippen molar-refractivity contribution in [3.63, 3.8) is 0 Å². The number of morpholine rings is 1. The van der Waals surface area contributed by atoms with Crippen molar-refractivity contribution < 1.29 is 9.84 Å². The molecule has 2 atom stereocenters. The van der Waals surface area contributed by atoms with Gasteiger partial charge in [0.25, 0.3) is 0 Å². The summed E-state index contributed by atoms with van der Waals surface area (Å²) in [4.78, 5) is 11.1. The third-order valence-corrected chi connectivity index (χ3v) is 5.25. The zero-order chi connectivity index (χ0) is 19.3. The van der Waals surface area contributed by atoms with Crippen molar-refractivity contribution in [3.05, 3.63) is 83.3 Å². The van der Waals surface area contributed by atoms with E-state index in [1.165, 1.54) is 0 Å². The van der Waals surface area contributed by atoms with Gasteiger partial charge in [-0.05, 0) is 29.8 Å². The van der Waals surface area contributed by atoms with Gasteiger partial charge in [0.1, 0.15) is 6.10 Å². The van der Waals surface area contributed by atoms with Crippen molar-refractivity contribution in [2.45, 2.75) is 12.1 Å². The molecular formula is C22H22ClN3O2. The van der Waals surface area contributed by atoms with E-state index >= 15 is 0 Å². The molecule has 2 aromatic heterocycles. The molecule has 1 N–H and O–H groups in total. The van der Waals surface area contributed by atoms with Gasteiger partial charge in [0.15, 0.2) is 0 Å². The topological polar surface area (TPSA) is 58.5 Å². The van der Waals surface area contributed by atoms with Gasteiger partial charge in [-0.25, -0.2) is 0 Å². The molecule has 1 aliphatic rings. The van der Waals surface area contributed by atoms with Gasteiger partial charge in [-0.15, -0.1) is 0 Å². The molecule has 0 unspecified atom stereocenters. The highest BCUT2D eigenvalue weighted by Gasteiger charge is 2.32. The predicted octanol–water partition coefficient (Wildman–Crippen LogP) is 3.90. The van der Waals surface area contributed by atoms with Crippen LogP contribution in [0.1, 0.15) is 23.3 Å². The second-order valence-corrected chi connectivity index (χ2v) is 7.21. The second-order valence-electron chi connectivity index (χ2n) is 6.78. The Kier molecular flexibility index (Phi) is 5.98. The van der Waals surface area contributed by atoms with E-state index < -0.39 is 6.10 Å². The number of rotatable bonds is 5. The van der Waals surface area contributed by atoms with E-state index in [2.05, 4.69) is 14.9 Å². The standard InChI is InChI=1S/C22H22ClN3O2/c23-18-6-1-4-16(14-18)20-19(7-3-9-25-20)22(27)21(17-5-2-8-24-15-17)26-10-12-28-13-11-26/h1-9,14-15,21-22,27H,10-13H2/t21-,22+/m0/s1. The third kappa shape index (κ3) is 4.08. The Bertz CT molecular complexity index is 916. The quantitative estimate of drug-likeness (QED) is 0.709. The number of hydrogen-bond acceptors (Lipinski definition) is 5. The first kappa shape index (κ1) is 19.0. The lowest BCUT2D eigenvalue weighted by Gasteiger charge is -2.37. The molecule has 3 heterocycles. The number of aliphatic hydroxyl groups is 1. The van der Waals surface area contributed by atoms with Gasteiger partial charge in [-0.3, -0.25) is 14.9 Å². The van der Waals surface area contributed by atoms with Crippen LogP contribution in [0.2, 0.25) is 5.02 Å². The highest BCUT2D eigenvalue weighted by molar-refractivity contribution is 6.30. The van der Waals surface area contributed by atoms with Crippen molar-refractivity contribution in [2.24, 2.45) is 0 Å². The van der Waals surface area contributed by atoms with E-state index in [4.69, 9.17) is 16.3 Å². The second kappa shape index (κ2) is 8.80. The van der Waals surface area contributed by atoms with Crippen molar-refractivity contribution >= 4 is 11.6 Å². The van der Waals surface area contributed by atoms with E-state index in [0.717, 1.165) is 35.5 Å². The van der Waals surface area contributed by atoms with Gasteiger partial charge in [-0.2, -0.15) is 0 Å². The first-order valence-electron chi connectivity index (χ1n) is 9.34. The lowest BCUT2D eigenvalue weighted by molar-refractivity contribution is -0.0238. The third-order valence-electron chi connectivity index (χ3n) is 5.02. The summed E-state index contributed by atoms with van der Waals surface area (Å²) in [7, 11) is 0. The first-order chi connectivity index (χ1) is 13.7. The lowest BCUT2D eigenvalue weighted by atomic mass is 9.92. The number of pyridine rings is 2. The van der Waals surface area contributed by atoms with E-state index in [-0.39, 0.29) is 6.04 Å². The monoisotopic (exact) mass is 395 g/mol. The minimum absolute atomic E-state index is 0.236. The van der Waals surface area contributed by atoms with Crippen LogP contribution in [0.25, 0.3) is 11.3 Å². The van der Waals surface area contributed by atoms with E-state index in [1.807, 2.05) is 54.7 Å². The van der Waals surface area contributed by atoms with Crippen LogP contribution >= 0.6 is 11.6 Å². The smallest absolute Gasteiger partial charge is 0.101 e. The molecule has 0 radical (unpaired) electrons. The Labute approximate surface area is 169 Å². The van der Waals surface area contributed by atoms with Crippen LogP contribution in [0.5, 0.6) is 0 Å². The fraction of sp³-hybridized carbons (Fsp3) is 0.273. The molecule has 6 heteroatoms. The van der Waals surface area contributed by atoms with Gasteiger partial charge in [-0.1, -0.05) is 35.9 Å². The maximum absolute atomic E-state index is 11.5. The van der Waals surface area contributed by atoms with Crippen LogP contribution < -0.4 is 0 Å². The van der Waals surface area contributed by atoms with Crippen molar-refractivity contribution in [1.82, 2.24) is 14.9 Å². The van der Waals surface area contributed by atoms with Crippen molar-refractivity contribution in [3.8, 4) is 11.3 Å². The molecule has 5 nitrogen and oxygen atoms in total. The molecular weight excluding hydrogens is 374 g/mol. The normalized spacial score (nSPS) is 17.2. The fourth-order valence-corrected chi connectivity index (χ4v) is 3.89. The Balaban J connectivity index is 1.76. The molecule has 0 aliphatic carbocycles. The van der Waals surface area contributed by atoms with Crippen LogP contribution in [-0.2, 0) is 4.74 Å². The van der Waals surface area contributed by atoms with E-state index in [9.17, 15) is 5.11 Å². The molecule has 0 bridgehead atoms. The number of nitrogens with zero attached hydrogens (tertiary/aromatic N) is 3. The zero-order valence-corrected chi connectivity index (χ0v) is 16.2. The minimum Gasteiger partial charge on any atom is -0.386 e. The number of ether oxygens (including phenoxy) is 1. The SMILES string of the molecule is O[C@H](c1cccnc1-c1cccc(Cl)c1)[C@H](c1cccnc1)N1CCOCC1. The van der Waals surface area contributed by atoms with Crippen LogP contribution in [-0.4, -0.2) is 46.3 Å². The van der Waals surface area contributed by atoms with Crippen LogP contribution in [0.4, 0.5) is 0 Å². The number of hydrogen-bond donors (Lipinski definition) is 1. The highest BCUT2D eigenvalue weighted by Crippen LogP contribution is 2.38. The molecule has 1 fully saturated rings. The van der Waals surface area contributed by atoms with Crippen LogP contribution in [0.15, 0.2) is 67.1 Å². The average molecular weight is 396 g/mol. The highest BCUT2D eigenvalue weighted by atomic mass is 35.5. The number of aliphatic hydroxyl groups excluding tert-OH is 1. The molecule has 4 rings (SSSR count). The molecule has 0 amide bonds.